The number of hydrogen-bond donors (Lipinski definition) is 1. The van der Waals surface area contributed by atoms with E-state index < -0.39 is 18.3 Å². The van der Waals surface area contributed by atoms with Gasteiger partial charge in [0.05, 0.1) is 19.8 Å². The van der Waals surface area contributed by atoms with E-state index in [1.54, 1.807) is 0 Å². The maximum Gasteiger partial charge on any atom is 0.419 e. The van der Waals surface area contributed by atoms with E-state index in [2.05, 4.69) is 12.2 Å². The van der Waals surface area contributed by atoms with Crippen LogP contribution in [-0.2, 0) is 32.0 Å². The molecule has 0 aromatic carbocycles. The predicted octanol–water partition coefficient (Wildman–Crippen LogP) is 4.56. The number of unbranched alkanes of at least 4 members (excludes halogenated alkanes) is 12. The van der Waals surface area contributed by atoms with Crippen molar-refractivity contribution in [2.75, 3.05) is 39.6 Å². The van der Waals surface area contributed by atoms with Gasteiger partial charge in [0.2, 0.25) is 5.69 Å². The third-order valence-corrected chi connectivity index (χ3v) is 7.14. The minimum absolute atomic E-state index is 0. The molecule has 0 saturated heterocycles. The number of pyridine rings is 1. The SMILES string of the molecule is CCCCCCCCCCCCCCCNC(=O)OCCOCCOC(=O)N(Cc1cccc[n+]1CC)C(=O)OCC(C)C.[Cl-]. The number of alkyl carbamates (subject to hydrolysis) is 1. The number of amides is 3. The number of aromatic nitrogens is 1. The van der Waals surface area contributed by atoms with Crippen molar-refractivity contribution in [1.82, 2.24) is 10.2 Å². The normalized spacial score (nSPS) is 10.7. The number of imide groups is 1. The lowest BCUT2D eigenvalue weighted by molar-refractivity contribution is -0.701. The molecule has 0 bridgehead atoms. The van der Waals surface area contributed by atoms with E-state index in [-0.39, 0.29) is 57.9 Å². The molecule has 11 heteroatoms. The van der Waals surface area contributed by atoms with Crippen molar-refractivity contribution in [2.45, 2.75) is 124 Å². The van der Waals surface area contributed by atoms with Crippen LogP contribution in [0.4, 0.5) is 14.4 Å². The predicted molar refractivity (Wildman–Crippen MR) is 171 cm³/mol. The van der Waals surface area contributed by atoms with E-state index in [4.69, 9.17) is 18.9 Å². The molecule has 260 valence electrons. The van der Waals surface area contributed by atoms with E-state index in [0.29, 0.717) is 13.1 Å². The zero-order valence-electron chi connectivity index (χ0n) is 28.4. The first-order chi connectivity index (χ1) is 21.4. The van der Waals surface area contributed by atoms with Crippen LogP contribution >= 0.6 is 0 Å². The summed E-state index contributed by atoms with van der Waals surface area (Å²) >= 11 is 0. The molecule has 1 heterocycles. The molecule has 0 aliphatic heterocycles. The van der Waals surface area contributed by atoms with Crippen LogP contribution in [-0.4, -0.2) is 62.8 Å². The number of nitrogens with zero attached hydrogens (tertiary/aromatic N) is 2. The monoisotopic (exact) mass is 657 g/mol. The van der Waals surface area contributed by atoms with E-state index in [9.17, 15) is 14.4 Å². The molecule has 1 aromatic rings. The Morgan fingerprint density at radius 2 is 1.31 bits per heavy atom. The summed E-state index contributed by atoms with van der Waals surface area (Å²) in [6.07, 6.45) is 16.6. The average molecular weight is 658 g/mol. The second-order valence-corrected chi connectivity index (χ2v) is 11.6. The Hall–Kier alpha value is -2.59. The Labute approximate surface area is 278 Å². The number of nitrogens with one attached hydrogen (secondary N) is 1. The zero-order valence-corrected chi connectivity index (χ0v) is 29.1. The fraction of sp³-hybridized carbons (Fsp3) is 0.765. The van der Waals surface area contributed by atoms with Gasteiger partial charge in [-0.25, -0.2) is 23.9 Å². The van der Waals surface area contributed by atoms with E-state index in [1.807, 2.05) is 49.7 Å². The number of ether oxygens (including phenoxy) is 4. The summed E-state index contributed by atoms with van der Waals surface area (Å²) in [5.41, 5.74) is 0.772. The largest absolute Gasteiger partial charge is 1.00 e. The molecule has 0 aliphatic carbocycles. The molecule has 0 saturated carbocycles. The summed E-state index contributed by atoms with van der Waals surface area (Å²) in [5, 5.41) is 2.77. The zero-order chi connectivity index (χ0) is 32.3. The lowest BCUT2D eigenvalue weighted by atomic mass is 10.0. The van der Waals surface area contributed by atoms with Gasteiger partial charge in [0.1, 0.15) is 26.3 Å². The average Bonchev–Trinajstić information content (AvgIpc) is 3.02. The quantitative estimate of drug-likeness (QED) is 0.0933. The van der Waals surface area contributed by atoms with E-state index in [1.165, 1.54) is 70.6 Å². The summed E-state index contributed by atoms with van der Waals surface area (Å²) in [6, 6.07) is 5.58. The van der Waals surface area contributed by atoms with Crippen molar-refractivity contribution >= 4 is 18.3 Å². The topological polar surface area (TPSA) is 107 Å². The molecule has 0 radical (unpaired) electrons. The molecule has 0 fully saturated rings. The highest BCUT2D eigenvalue weighted by Gasteiger charge is 2.28. The van der Waals surface area contributed by atoms with Gasteiger partial charge in [-0.1, -0.05) is 104 Å². The molecule has 1 rings (SSSR count). The molecule has 10 nitrogen and oxygen atoms in total. The smallest absolute Gasteiger partial charge is 0.419 e. The van der Waals surface area contributed by atoms with Crippen LogP contribution in [0, 0.1) is 5.92 Å². The molecule has 3 amide bonds. The maximum absolute atomic E-state index is 12.7. The van der Waals surface area contributed by atoms with Crippen molar-refractivity contribution in [3.8, 4) is 0 Å². The third kappa shape index (κ3) is 22.5. The van der Waals surface area contributed by atoms with Gasteiger partial charge in [-0.15, -0.1) is 0 Å². The number of rotatable bonds is 25. The van der Waals surface area contributed by atoms with E-state index >= 15 is 0 Å². The molecule has 0 unspecified atom stereocenters. The van der Waals surface area contributed by atoms with Crippen molar-refractivity contribution in [2.24, 2.45) is 5.92 Å². The van der Waals surface area contributed by atoms with Gasteiger partial charge in [0, 0.05) is 18.7 Å². The molecule has 0 spiro atoms. The summed E-state index contributed by atoms with van der Waals surface area (Å²) in [5.74, 6) is 0.131. The lowest BCUT2D eigenvalue weighted by Crippen LogP contribution is -3.00. The molecular formula is C34H60ClN3O7. The Bertz CT molecular complexity index is 904. The van der Waals surface area contributed by atoms with Crippen LogP contribution in [0.2, 0.25) is 0 Å². The van der Waals surface area contributed by atoms with E-state index in [0.717, 1.165) is 23.4 Å². The molecule has 1 N–H and O–H groups in total. The van der Waals surface area contributed by atoms with Gasteiger partial charge in [-0.3, -0.25) is 0 Å². The first-order valence-corrected chi connectivity index (χ1v) is 17.0. The maximum atomic E-state index is 12.7. The van der Waals surface area contributed by atoms with Gasteiger partial charge >= 0.3 is 18.3 Å². The summed E-state index contributed by atoms with van der Waals surface area (Å²) in [4.78, 5) is 38.2. The Balaban J connectivity index is 0.0000194. The minimum atomic E-state index is -0.808. The standard InChI is InChI=1S/C34H59N3O7.ClH/c1-5-7-8-9-10-11-12-13-14-15-16-17-19-22-35-32(38)42-26-24-41-25-27-43-33(39)37(34(40)44-29-30(3)4)28-31-21-18-20-23-36(31)6-2;/h18,20-21,23,30H,5-17,19,22,24-29H2,1-4H3;1H. The lowest BCUT2D eigenvalue weighted by Gasteiger charge is -2.20. The van der Waals surface area contributed by atoms with Crippen molar-refractivity contribution < 1.29 is 50.3 Å². The summed E-state index contributed by atoms with van der Waals surface area (Å²) in [7, 11) is 0. The number of halogens is 1. The summed E-state index contributed by atoms with van der Waals surface area (Å²) in [6.45, 7) is 9.90. The highest BCUT2D eigenvalue weighted by molar-refractivity contribution is 5.87. The summed E-state index contributed by atoms with van der Waals surface area (Å²) < 4.78 is 23.0. The van der Waals surface area contributed by atoms with Crippen molar-refractivity contribution in [3.63, 3.8) is 0 Å². The fourth-order valence-electron chi connectivity index (χ4n) is 4.59. The third-order valence-electron chi connectivity index (χ3n) is 7.14. The number of hydrogen-bond acceptors (Lipinski definition) is 7. The van der Waals surface area contributed by atoms with Crippen LogP contribution in [0.25, 0.3) is 0 Å². The van der Waals surface area contributed by atoms with Crippen molar-refractivity contribution in [3.05, 3.63) is 30.1 Å². The Morgan fingerprint density at radius 3 is 1.89 bits per heavy atom. The van der Waals surface area contributed by atoms with Gasteiger partial charge < -0.3 is 36.7 Å². The number of carbonyl (C=O) groups excluding carboxylic acids is 3. The van der Waals surface area contributed by atoms with Crippen LogP contribution in [0.1, 0.15) is 117 Å². The van der Waals surface area contributed by atoms with Gasteiger partial charge in [0.15, 0.2) is 6.20 Å². The molecule has 0 atom stereocenters. The molecule has 0 aliphatic rings. The first-order valence-electron chi connectivity index (χ1n) is 17.0. The highest BCUT2D eigenvalue weighted by atomic mass is 35.5. The van der Waals surface area contributed by atoms with Gasteiger partial charge in [-0.05, 0) is 19.3 Å². The number of carbonyl (C=O) groups is 3. The first kappa shape index (κ1) is 42.4. The second-order valence-electron chi connectivity index (χ2n) is 11.6. The highest BCUT2D eigenvalue weighted by Crippen LogP contribution is 2.12. The Kier molecular flexibility index (Phi) is 27.2. The van der Waals surface area contributed by atoms with Gasteiger partial charge in [0.25, 0.3) is 0 Å². The van der Waals surface area contributed by atoms with Gasteiger partial charge in [-0.2, -0.15) is 0 Å². The number of aryl methyl sites for hydroxylation is 1. The van der Waals surface area contributed by atoms with Crippen LogP contribution in [0.3, 0.4) is 0 Å². The minimum Gasteiger partial charge on any atom is -1.00 e. The van der Waals surface area contributed by atoms with Crippen LogP contribution in [0.5, 0.6) is 0 Å². The molecule has 1 aromatic heterocycles. The van der Waals surface area contributed by atoms with Crippen LogP contribution < -0.4 is 22.3 Å². The van der Waals surface area contributed by atoms with Crippen molar-refractivity contribution in [1.29, 1.82) is 0 Å². The Morgan fingerprint density at radius 1 is 0.756 bits per heavy atom. The fourth-order valence-corrected chi connectivity index (χ4v) is 4.59. The van der Waals surface area contributed by atoms with Crippen LogP contribution in [0.15, 0.2) is 24.4 Å². The molecule has 45 heavy (non-hydrogen) atoms. The second kappa shape index (κ2) is 28.9. The molecular weight excluding hydrogens is 598 g/mol.